The fraction of sp³-hybridized carbons (Fsp3) is 0.368. The maximum atomic E-state index is 13.1. The van der Waals surface area contributed by atoms with Crippen LogP contribution in [0.5, 0.6) is 0 Å². The molecule has 1 aliphatic heterocycles. The third-order valence-corrected chi connectivity index (χ3v) is 5.21. The van der Waals surface area contributed by atoms with Gasteiger partial charge in [-0.1, -0.05) is 6.07 Å². The Balaban J connectivity index is 1.69. The molecule has 3 aromatic rings. The van der Waals surface area contributed by atoms with Gasteiger partial charge in [-0.15, -0.1) is 10.2 Å². The zero-order chi connectivity index (χ0) is 20.8. The van der Waals surface area contributed by atoms with Crippen LogP contribution >= 0.6 is 0 Å². The van der Waals surface area contributed by atoms with Gasteiger partial charge in [-0.05, 0) is 43.5 Å². The molecule has 1 atom stereocenters. The van der Waals surface area contributed by atoms with Crippen molar-refractivity contribution in [1.29, 1.82) is 0 Å². The van der Waals surface area contributed by atoms with Crippen molar-refractivity contribution in [3.05, 3.63) is 63.6 Å². The Morgan fingerprint density at radius 3 is 2.72 bits per heavy atom. The summed E-state index contributed by atoms with van der Waals surface area (Å²) in [6, 6.07) is 7.34. The number of fused-ring (bicyclic) bond motifs is 1. The first-order valence-corrected chi connectivity index (χ1v) is 9.16. The monoisotopic (exact) mass is 405 g/mol. The molecule has 1 aliphatic rings. The van der Waals surface area contributed by atoms with Crippen molar-refractivity contribution in [2.75, 3.05) is 18.0 Å². The second kappa shape index (κ2) is 7.02. The van der Waals surface area contributed by atoms with E-state index in [-0.39, 0.29) is 11.6 Å². The number of pyridine rings is 1. The van der Waals surface area contributed by atoms with E-state index >= 15 is 0 Å². The largest absolute Gasteiger partial charge is 0.417 e. The Hall–Kier alpha value is -3.17. The standard InChI is InChI=1S/C19H18F3N5O2/c1-12-4-6-15(16(9-12)27(28)29)25-8-2-3-13(10-25)18-24-23-17-7-5-14(11-26(17)18)19(20,21)22/h4-7,9,11,13H,2-3,8,10H2,1H3. The molecular weight excluding hydrogens is 387 g/mol. The van der Waals surface area contributed by atoms with Crippen molar-refractivity contribution in [2.24, 2.45) is 0 Å². The number of nitrogens with zero attached hydrogens (tertiary/aromatic N) is 5. The van der Waals surface area contributed by atoms with E-state index in [9.17, 15) is 23.3 Å². The predicted molar refractivity (Wildman–Crippen MR) is 100 cm³/mol. The van der Waals surface area contributed by atoms with Crippen LogP contribution in [0.4, 0.5) is 24.5 Å². The molecule has 10 heteroatoms. The van der Waals surface area contributed by atoms with Crippen molar-refractivity contribution in [3.63, 3.8) is 0 Å². The average Bonchev–Trinajstić information content (AvgIpc) is 3.10. The number of hydrogen-bond acceptors (Lipinski definition) is 5. The van der Waals surface area contributed by atoms with Gasteiger partial charge in [-0.2, -0.15) is 13.2 Å². The lowest BCUT2D eigenvalue weighted by molar-refractivity contribution is -0.384. The Morgan fingerprint density at radius 2 is 2.00 bits per heavy atom. The van der Waals surface area contributed by atoms with Crippen LogP contribution in [0, 0.1) is 17.0 Å². The smallest absolute Gasteiger partial charge is 0.365 e. The Bertz CT molecular complexity index is 1080. The number of halogens is 3. The van der Waals surface area contributed by atoms with E-state index in [1.54, 1.807) is 13.0 Å². The second-order valence-electron chi connectivity index (χ2n) is 7.24. The van der Waals surface area contributed by atoms with Crippen LogP contribution in [0.2, 0.25) is 0 Å². The van der Waals surface area contributed by atoms with Gasteiger partial charge in [0.15, 0.2) is 5.65 Å². The van der Waals surface area contributed by atoms with E-state index in [1.165, 1.54) is 16.5 Å². The van der Waals surface area contributed by atoms with Gasteiger partial charge in [0.05, 0.1) is 10.5 Å². The van der Waals surface area contributed by atoms with E-state index in [0.29, 0.717) is 36.7 Å². The van der Waals surface area contributed by atoms with Gasteiger partial charge in [0, 0.05) is 31.3 Å². The van der Waals surface area contributed by atoms with Crippen molar-refractivity contribution in [1.82, 2.24) is 14.6 Å². The van der Waals surface area contributed by atoms with E-state index in [4.69, 9.17) is 0 Å². The molecule has 1 saturated heterocycles. The number of piperidine rings is 1. The summed E-state index contributed by atoms with van der Waals surface area (Å²) in [6.07, 6.45) is -1.99. The van der Waals surface area contributed by atoms with Crippen LogP contribution < -0.4 is 4.90 Å². The second-order valence-corrected chi connectivity index (χ2v) is 7.24. The van der Waals surface area contributed by atoms with Crippen LogP contribution in [0.25, 0.3) is 5.65 Å². The fourth-order valence-corrected chi connectivity index (χ4v) is 3.81. The molecule has 2 aromatic heterocycles. The van der Waals surface area contributed by atoms with Gasteiger partial charge >= 0.3 is 6.18 Å². The number of nitro groups is 1. The quantitative estimate of drug-likeness (QED) is 0.478. The molecule has 0 radical (unpaired) electrons. The van der Waals surface area contributed by atoms with Crippen molar-refractivity contribution < 1.29 is 18.1 Å². The normalized spacial score (nSPS) is 17.7. The number of aryl methyl sites for hydroxylation is 1. The maximum absolute atomic E-state index is 13.1. The molecule has 3 heterocycles. The first-order valence-electron chi connectivity index (χ1n) is 9.16. The van der Waals surface area contributed by atoms with Gasteiger partial charge in [0.1, 0.15) is 11.5 Å². The minimum atomic E-state index is -4.46. The van der Waals surface area contributed by atoms with Crippen LogP contribution in [0.15, 0.2) is 36.5 Å². The molecule has 0 saturated carbocycles. The number of anilines is 1. The van der Waals surface area contributed by atoms with E-state index in [1.807, 2.05) is 11.0 Å². The summed E-state index contributed by atoms with van der Waals surface area (Å²) in [7, 11) is 0. The van der Waals surface area contributed by atoms with Gasteiger partial charge in [-0.25, -0.2) is 0 Å². The van der Waals surface area contributed by atoms with E-state index in [0.717, 1.165) is 24.2 Å². The third-order valence-electron chi connectivity index (χ3n) is 5.21. The molecular formula is C19H18F3N5O2. The fourth-order valence-electron chi connectivity index (χ4n) is 3.81. The molecule has 152 valence electrons. The van der Waals surface area contributed by atoms with Gasteiger partial charge in [0.25, 0.3) is 5.69 Å². The number of alkyl halides is 3. The summed E-state index contributed by atoms with van der Waals surface area (Å²) in [5, 5.41) is 19.6. The number of aromatic nitrogens is 3. The van der Waals surface area contributed by atoms with Crippen LogP contribution in [0.1, 0.15) is 35.7 Å². The topological polar surface area (TPSA) is 76.6 Å². The zero-order valence-corrected chi connectivity index (χ0v) is 15.6. The molecule has 0 aliphatic carbocycles. The summed E-state index contributed by atoms with van der Waals surface area (Å²) in [5.41, 5.74) is 0.891. The molecule has 4 rings (SSSR count). The average molecular weight is 405 g/mol. The molecule has 29 heavy (non-hydrogen) atoms. The van der Waals surface area contributed by atoms with Gasteiger partial charge in [0.2, 0.25) is 0 Å². The highest BCUT2D eigenvalue weighted by atomic mass is 19.4. The summed E-state index contributed by atoms with van der Waals surface area (Å²) in [5.74, 6) is 0.244. The number of hydrogen-bond donors (Lipinski definition) is 0. The minimum absolute atomic E-state index is 0.0242. The van der Waals surface area contributed by atoms with E-state index < -0.39 is 16.7 Å². The first kappa shape index (κ1) is 19.2. The Labute approximate surface area is 163 Å². The zero-order valence-electron chi connectivity index (χ0n) is 15.6. The Kier molecular flexibility index (Phi) is 4.64. The van der Waals surface area contributed by atoms with Crippen molar-refractivity contribution >= 4 is 17.0 Å². The summed E-state index contributed by atoms with van der Waals surface area (Å²) in [4.78, 5) is 13.0. The van der Waals surface area contributed by atoms with E-state index in [2.05, 4.69) is 10.2 Å². The lowest BCUT2D eigenvalue weighted by atomic mass is 9.96. The number of benzene rings is 1. The molecule has 7 nitrogen and oxygen atoms in total. The summed E-state index contributed by atoms with van der Waals surface area (Å²) in [6.45, 7) is 2.84. The van der Waals surface area contributed by atoms with Crippen LogP contribution in [0.3, 0.4) is 0 Å². The first-order chi connectivity index (χ1) is 13.7. The SMILES string of the molecule is Cc1ccc(N2CCCC(c3nnc4ccc(C(F)(F)F)cn34)C2)c([N+](=O)[O-])c1. The molecule has 0 amide bonds. The maximum Gasteiger partial charge on any atom is 0.417 e. The third kappa shape index (κ3) is 3.62. The summed E-state index contributed by atoms with van der Waals surface area (Å²) < 4.78 is 40.7. The highest BCUT2D eigenvalue weighted by Gasteiger charge is 2.33. The molecule has 0 spiro atoms. The lowest BCUT2D eigenvalue weighted by Gasteiger charge is -2.33. The molecule has 0 N–H and O–H groups in total. The number of rotatable bonds is 3. The van der Waals surface area contributed by atoms with Crippen LogP contribution in [-0.4, -0.2) is 32.6 Å². The highest BCUT2D eigenvalue weighted by molar-refractivity contribution is 5.64. The summed E-state index contributed by atoms with van der Waals surface area (Å²) >= 11 is 0. The minimum Gasteiger partial charge on any atom is -0.365 e. The van der Waals surface area contributed by atoms with Crippen molar-refractivity contribution in [3.8, 4) is 0 Å². The van der Waals surface area contributed by atoms with Gasteiger partial charge < -0.3 is 4.90 Å². The predicted octanol–water partition coefficient (Wildman–Crippen LogP) is 4.35. The molecule has 1 unspecified atom stereocenters. The lowest BCUT2D eigenvalue weighted by Crippen LogP contribution is -2.35. The molecule has 0 bridgehead atoms. The molecule has 1 aromatic carbocycles. The number of nitro benzene ring substituents is 1. The highest BCUT2D eigenvalue weighted by Crippen LogP contribution is 2.35. The molecule has 1 fully saturated rings. The van der Waals surface area contributed by atoms with Crippen LogP contribution in [-0.2, 0) is 6.18 Å². The van der Waals surface area contributed by atoms with Gasteiger partial charge in [-0.3, -0.25) is 14.5 Å². The Morgan fingerprint density at radius 1 is 1.21 bits per heavy atom. The van der Waals surface area contributed by atoms with Crippen molar-refractivity contribution in [2.45, 2.75) is 31.9 Å².